The second kappa shape index (κ2) is 8.02. The summed E-state index contributed by atoms with van der Waals surface area (Å²) >= 11 is 0. The molecule has 1 amide bonds. The summed E-state index contributed by atoms with van der Waals surface area (Å²) in [4.78, 5) is 32.5. The van der Waals surface area contributed by atoms with E-state index in [1.807, 2.05) is 25.1 Å². The molecular weight excluding hydrogens is 388 g/mol. The van der Waals surface area contributed by atoms with Crippen LogP contribution in [0.4, 0.5) is 5.95 Å². The lowest BCUT2D eigenvalue weighted by Gasteiger charge is -2.31. The standard InChI is InChI=1S/C25H26N4O2/c1-17-14-24(31)29(16-23(30)27-22-11-10-19-7-4-5-9-21(19)22)25(26-17)28-13-12-18-6-2-3-8-20(18)15-28/h2-9,14,22H,10-13,15-16H2,1H3,(H,27,30). The first-order valence-corrected chi connectivity index (χ1v) is 10.9. The number of anilines is 1. The van der Waals surface area contributed by atoms with Crippen LogP contribution in [0.2, 0.25) is 0 Å². The minimum Gasteiger partial charge on any atom is -0.348 e. The van der Waals surface area contributed by atoms with Gasteiger partial charge in [0.05, 0.1) is 6.04 Å². The number of fused-ring (bicyclic) bond motifs is 2. The SMILES string of the molecule is Cc1cc(=O)n(CC(=O)NC2CCc3ccccc32)c(N2CCc3ccccc3C2)n1. The lowest BCUT2D eigenvalue weighted by atomic mass is 10.0. The molecule has 2 heterocycles. The Balaban J connectivity index is 1.39. The number of nitrogens with one attached hydrogen (secondary N) is 1. The van der Waals surface area contributed by atoms with Crippen molar-refractivity contribution >= 4 is 11.9 Å². The van der Waals surface area contributed by atoms with Crippen LogP contribution in [0.5, 0.6) is 0 Å². The summed E-state index contributed by atoms with van der Waals surface area (Å²) in [6.07, 6.45) is 2.75. The summed E-state index contributed by atoms with van der Waals surface area (Å²) < 4.78 is 1.51. The van der Waals surface area contributed by atoms with E-state index in [0.717, 1.165) is 25.8 Å². The van der Waals surface area contributed by atoms with Gasteiger partial charge in [-0.05, 0) is 48.4 Å². The molecule has 6 nitrogen and oxygen atoms in total. The number of hydrogen-bond acceptors (Lipinski definition) is 4. The summed E-state index contributed by atoms with van der Waals surface area (Å²) in [7, 11) is 0. The highest BCUT2D eigenvalue weighted by Crippen LogP contribution is 2.30. The second-order valence-corrected chi connectivity index (χ2v) is 8.42. The van der Waals surface area contributed by atoms with E-state index in [1.165, 1.54) is 32.9 Å². The molecule has 2 aromatic carbocycles. The monoisotopic (exact) mass is 414 g/mol. The third-order valence-corrected chi connectivity index (χ3v) is 6.30. The van der Waals surface area contributed by atoms with Gasteiger partial charge in [0.2, 0.25) is 11.9 Å². The predicted octanol–water partition coefficient (Wildman–Crippen LogP) is 2.92. The summed E-state index contributed by atoms with van der Waals surface area (Å²) in [6.45, 7) is 3.25. The van der Waals surface area contributed by atoms with Gasteiger partial charge in [-0.25, -0.2) is 4.98 Å². The first-order valence-electron chi connectivity index (χ1n) is 10.9. The maximum absolute atomic E-state index is 12.9. The number of carbonyl (C=O) groups excluding carboxylic acids is 1. The van der Waals surface area contributed by atoms with Gasteiger partial charge in [-0.2, -0.15) is 0 Å². The van der Waals surface area contributed by atoms with Crippen molar-refractivity contribution in [3.05, 3.63) is 92.9 Å². The minimum absolute atomic E-state index is 0.00289. The average Bonchev–Trinajstić information content (AvgIpc) is 3.18. The van der Waals surface area contributed by atoms with Crippen molar-refractivity contribution in [1.29, 1.82) is 0 Å². The van der Waals surface area contributed by atoms with E-state index in [-0.39, 0.29) is 24.1 Å². The lowest BCUT2D eigenvalue weighted by molar-refractivity contribution is -0.122. The van der Waals surface area contributed by atoms with Gasteiger partial charge in [0.15, 0.2) is 0 Å². The maximum atomic E-state index is 12.9. The van der Waals surface area contributed by atoms with Gasteiger partial charge in [-0.15, -0.1) is 0 Å². The van der Waals surface area contributed by atoms with Crippen LogP contribution in [0.25, 0.3) is 0 Å². The molecule has 0 radical (unpaired) electrons. The predicted molar refractivity (Wildman–Crippen MR) is 120 cm³/mol. The smallest absolute Gasteiger partial charge is 0.255 e. The van der Waals surface area contributed by atoms with Gasteiger partial charge in [0.25, 0.3) is 5.56 Å². The molecule has 1 N–H and O–H groups in total. The topological polar surface area (TPSA) is 67.2 Å². The van der Waals surface area contributed by atoms with Crippen LogP contribution in [-0.4, -0.2) is 22.0 Å². The molecule has 1 atom stereocenters. The Kier molecular flexibility index (Phi) is 5.06. The van der Waals surface area contributed by atoms with Gasteiger partial charge in [0, 0.05) is 24.8 Å². The fraction of sp³-hybridized carbons (Fsp3) is 0.320. The molecule has 1 aliphatic carbocycles. The van der Waals surface area contributed by atoms with Gasteiger partial charge in [-0.3, -0.25) is 14.2 Å². The molecule has 158 valence electrons. The fourth-order valence-corrected chi connectivity index (χ4v) is 4.75. The Hall–Kier alpha value is -3.41. The zero-order valence-corrected chi connectivity index (χ0v) is 17.7. The molecule has 2 aliphatic rings. The number of aryl methyl sites for hydroxylation is 2. The second-order valence-electron chi connectivity index (χ2n) is 8.42. The van der Waals surface area contributed by atoms with Gasteiger partial charge < -0.3 is 10.2 Å². The van der Waals surface area contributed by atoms with E-state index in [9.17, 15) is 9.59 Å². The third kappa shape index (κ3) is 3.85. The van der Waals surface area contributed by atoms with E-state index in [4.69, 9.17) is 0 Å². The van der Waals surface area contributed by atoms with Crippen LogP contribution in [-0.2, 0) is 30.7 Å². The lowest BCUT2D eigenvalue weighted by Crippen LogP contribution is -2.40. The van der Waals surface area contributed by atoms with E-state index in [0.29, 0.717) is 18.2 Å². The molecule has 3 aromatic rings. The molecule has 0 bridgehead atoms. The van der Waals surface area contributed by atoms with Crippen LogP contribution in [0, 0.1) is 6.92 Å². The highest BCUT2D eigenvalue weighted by Gasteiger charge is 2.25. The van der Waals surface area contributed by atoms with Gasteiger partial charge in [-0.1, -0.05) is 48.5 Å². The van der Waals surface area contributed by atoms with Gasteiger partial charge >= 0.3 is 0 Å². The van der Waals surface area contributed by atoms with Crippen LogP contribution in [0.3, 0.4) is 0 Å². The highest BCUT2D eigenvalue weighted by atomic mass is 16.2. The highest BCUT2D eigenvalue weighted by molar-refractivity contribution is 5.77. The summed E-state index contributed by atoms with van der Waals surface area (Å²) in [5.41, 5.74) is 5.51. The number of carbonyl (C=O) groups is 1. The first kappa shape index (κ1) is 19.5. The van der Waals surface area contributed by atoms with Crippen molar-refractivity contribution in [2.45, 2.75) is 45.3 Å². The minimum atomic E-state index is -0.191. The Morgan fingerprint density at radius 1 is 1.06 bits per heavy atom. The van der Waals surface area contributed by atoms with Crippen molar-refractivity contribution < 1.29 is 4.79 Å². The molecule has 5 rings (SSSR count). The first-order chi connectivity index (χ1) is 15.1. The normalized spacial score (nSPS) is 17.2. The van der Waals surface area contributed by atoms with Crippen LogP contribution in [0.15, 0.2) is 59.4 Å². The van der Waals surface area contributed by atoms with Crippen molar-refractivity contribution in [2.75, 3.05) is 11.4 Å². The van der Waals surface area contributed by atoms with E-state index >= 15 is 0 Å². The zero-order chi connectivity index (χ0) is 21.4. The van der Waals surface area contributed by atoms with Crippen LogP contribution < -0.4 is 15.8 Å². The fourth-order valence-electron chi connectivity index (χ4n) is 4.75. The quantitative estimate of drug-likeness (QED) is 0.713. The maximum Gasteiger partial charge on any atom is 0.255 e. The van der Waals surface area contributed by atoms with Crippen molar-refractivity contribution in [1.82, 2.24) is 14.9 Å². The Labute approximate surface area is 181 Å². The third-order valence-electron chi connectivity index (χ3n) is 6.30. The van der Waals surface area contributed by atoms with E-state index < -0.39 is 0 Å². The number of benzene rings is 2. The molecule has 1 aromatic heterocycles. The number of hydrogen-bond donors (Lipinski definition) is 1. The van der Waals surface area contributed by atoms with Crippen LogP contribution in [0.1, 0.15) is 40.4 Å². The van der Waals surface area contributed by atoms with Gasteiger partial charge in [0.1, 0.15) is 6.54 Å². The Morgan fingerprint density at radius 3 is 2.65 bits per heavy atom. The summed E-state index contributed by atoms with van der Waals surface area (Å²) in [5, 5.41) is 3.13. The zero-order valence-electron chi connectivity index (χ0n) is 17.7. The number of rotatable bonds is 4. The Bertz CT molecular complexity index is 1200. The van der Waals surface area contributed by atoms with Crippen LogP contribution >= 0.6 is 0 Å². The largest absolute Gasteiger partial charge is 0.348 e. The number of nitrogens with zero attached hydrogens (tertiary/aromatic N) is 3. The van der Waals surface area contributed by atoms with E-state index in [2.05, 4.69) is 45.5 Å². The number of amides is 1. The molecule has 0 fully saturated rings. The average molecular weight is 415 g/mol. The molecule has 6 heteroatoms. The molecule has 1 unspecified atom stereocenters. The summed E-state index contributed by atoms with van der Waals surface area (Å²) in [5.74, 6) is 0.412. The number of aromatic nitrogens is 2. The van der Waals surface area contributed by atoms with Crippen molar-refractivity contribution in [3.63, 3.8) is 0 Å². The van der Waals surface area contributed by atoms with E-state index in [1.54, 1.807) is 0 Å². The molecular formula is C25H26N4O2. The molecule has 0 saturated heterocycles. The summed E-state index contributed by atoms with van der Waals surface area (Å²) in [6, 6.07) is 18.1. The Morgan fingerprint density at radius 2 is 1.81 bits per heavy atom. The van der Waals surface area contributed by atoms with Crippen molar-refractivity contribution in [2.24, 2.45) is 0 Å². The molecule has 31 heavy (non-hydrogen) atoms. The molecule has 0 saturated carbocycles. The molecule has 1 aliphatic heterocycles. The molecule has 0 spiro atoms. The van der Waals surface area contributed by atoms with Crippen molar-refractivity contribution in [3.8, 4) is 0 Å².